The zero-order chi connectivity index (χ0) is 17.2. The Hall–Kier alpha value is -1.98. The third kappa shape index (κ3) is 7.72. The molecule has 1 aromatic heterocycles. The molecule has 0 atom stereocenters. The van der Waals surface area contributed by atoms with Gasteiger partial charge in [0.2, 0.25) is 5.91 Å². The fourth-order valence-electron chi connectivity index (χ4n) is 2.11. The first-order chi connectivity index (χ1) is 10.9. The largest absolute Gasteiger partial charge is 0.356 e. The van der Waals surface area contributed by atoms with Gasteiger partial charge in [-0.05, 0) is 18.3 Å². The van der Waals surface area contributed by atoms with E-state index in [-0.39, 0.29) is 11.8 Å². The van der Waals surface area contributed by atoms with Crippen LogP contribution < -0.4 is 5.32 Å². The number of aromatic nitrogens is 2. The Labute approximate surface area is 138 Å². The van der Waals surface area contributed by atoms with Crippen molar-refractivity contribution in [1.29, 1.82) is 0 Å². The number of amides is 2. The van der Waals surface area contributed by atoms with Crippen molar-refractivity contribution in [2.75, 3.05) is 19.6 Å². The summed E-state index contributed by atoms with van der Waals surface area (Å²) in [7, 11) is 0. The first-order valence-electron chi connectivity index (χ1n) is 8.22. The van der Waals surface area contributed by atoms with E-state index in [2.05, 4.69) is 29.1 Å². The van der Waals surface area contributed by atoms with Gasteiger partial charge in [-0.1, -0.05) is 27.7 Å². The Balaban J connectivity index is 2.55. The van der Waals surface area contributed by atoms with Crippen LogP contribution in [0.25, 0.3) is 0 Å². The second-order valence-corrected chi connectivity index (χ2v) is 6.52. The topological polar surface area (TPSA) is 75.2 Å². The molecule has 0 spiro atoms. The van der Waals surface area contributed by atoms with Crippen molar-refractivity contribution in [3.8, 4) is 0 Å². The minimum atomic E-state index is -0.179. The minimum absolute atomic E-state index is 0.0219. The maximum atomic E-state index is 12.5. The van der Waals surface area contributed by atoms with Crippen LogP contribution in [0.3, 0.4) is 0 Å². The number of carbonyl (C=O) groups is 2. The quantitative estimate of drug-likeness (QED) is 0.756. The smallest absolute Gasteiger partial charge is 0.274 e. The number of rotatable bonds is 9. The summed E-state index contributed by atoms with van der Waals surface area (Å²) >= 11 is 0. The van der Waals surface area contributed by atoms with Gasteiger partial charge < -0.3 is 10.2 Å². The maximum Gasteiger partial charge on any atom is 0.274 e. The molecule has 1 rings (SSSR count). The standard InChI is InChI=1S/C17H28N4O2/c1-13(2)5-7-20-16(22)6-10-21(12-14(3)4)17(23)15-11-18-8-9-19-15/h8-9,11,13-14H,5-7,10,12H2,1-4H3,(H,20,22). The van der Waals surface area contributed by atoms with E-state index in [1.54, 1.807) is 4.90 Å². The summed E-state index contributed by atoms with van der Waals surface area (Å²) in [5, 5.41) is 2.90. The van der Waals surface area contributed by atoms with Crippen LogP contribution >= 0.6 is 0 Å². The SMILES string of the molecule is CC(C)CCNC(=O)CCN(CC(C)C)C(=O)c1cnccn1. The Bertz CT molecular complexity index is 489. The van der Waals surface area contributed by atoms with Crippen LogP contribution in [-0.4, -0.2) is 46.3 Å². The maximum absolute atomic E-state index is 12.5. The average Bonchev–Trinajstić information content (AvgIpc) is 2.51. The van der Waals surface area contributed by atoms with Gasteiger partial charge in [-0.25, -0.2) is 4.98 Å². The van der Waals surface area contributed by atoms with E-state index in [4.69, 9.17) is 0 Å². The molecule has 0 aliphatic carbocycles. The Morgan fingerprint density at radius 3 is 2.48 bits per heavy atom. The van der Waals surface area contributed by atoms with Crippen LogP contribution in [0, 0.1) is 11.8 Å². The fraction of sp³-hybridized carbons (Fsp3) is 0.647. The molecule has 1 N–H and O–H groups in total. The van der Waals surface area contributed by atoms with Crippen molar-refractivity contribution >= 4 is 11.8 Å². The van der Waals surface area contributed by atoms with Crippen molar-refractivity contribution in [3.05, 3.63) is 24.3 Å². The molecule has 1 aromatic rings. The van der Waals surface area contributed by atoms with E-state index in [0.29, 0.717) is 43.6 Å². The molecule has 6 nitrogen and oxygen atoms in total. The molecule has 6 heteroatoms. The lowest BCUT2D eigenvalue weighted by Gasteiger charge is -2.24. The highest BCUT2D eigenvalue weighted by Crippen LogP contribution is 2.06. The summed E-state index contributed by atoms with van der Waals surface area (Å²) < 4.78 is 0. The molecule has 0 bridgehead atoms. The van der Waals surface area contributed by atoms with Crippen LogP contribution in [0.5, 0.6) is 0 Å². The van der Waals surface area contributed by atoms with Gasteiger partial charge in [0.1, 0.15) is 5.69 Å². The molecule has 0 saturated heterocycles. The Morgan fingerprint density at radius 1 is 1.17 bits per heavy atom. The third-order valence-corrected chi connectivity index (χ3v) is 3.31. The van der Waals surface area contributed by atoms with Gasteiger partial charge >= 0.3 is 0 Å². The van der Waals surface area contributed by atoms with Crippen molar-refractivity contribution in [2.24, 2.45) is 11.8 Å². The predicted octanol–water partition coefficient (Wildman–Crippen LogP) is 2.13. The van der Waals surface area contributed by atoms with Crippen LogP contribution in [0.15, 0.2) is 18.6 Å². The average molecular weight is 320 g/mol. The van der Waals surface area contributed by atoms with E-state index in [0.717, 1.165) is 6.42 Å². The summed E-state index contributed by atoms with van der Waals surface area (Å²) in [6.07, 6.45) is 5.75. The van der Waals surface area contributed by atoms with Gasteiger partial charge in [-0.15, -0.1) is 0 Å². The number of hydrogen-bond donors (Lipinski definition) is 1. The molecular weight excluding hydrogens is 292 g/mol. The normalized spacial score (nSPS) is 10.9. The van der Waals surface area contributed by atoms with Crippen LogP contribution in [0.1, 0.15) is 51.0 Å². The molecule has 2 amide bonds. The second-order valence-electron chi connectivity index (χ2n) is 6.52. The van der Waals surface area contributed by atoms with Crippen molar-refractivity contribution in [2.45, 2.75) is 40.5 Å². The summed E-state index contributed by atoms with van der Waals surface area (Å²) in [6.45, 7) is 9.99. The minimum Gasteiger partial charge on any atom is -0.356 e. The summed E-state index contributed by atoms with van der Waals surface area (Å²) in [4.78, 5) is 34.0. The zero-order valence-corrected chi connectivity index (χ0v) is 14.6. The second kappa shape index (κ2) is 9.92. The van der Waals surface area contributed by atoms with E-state index in [1.165, 1.54) is 18.6 Å². The monoisotopic (exact) mass is 320 g/mol. The number of nitrogens with zero attached hydrogens (tertiary/aromatic N) is 3. The summed E-state index contributed by atoms with van der Waals surface area (Å²) in [5.41, 5.74) is 0.313. The van der Waals surface area contributed by atoms with Gasteiger partial charge in [0.05, 0.1) is 6.20 Å². The lowest BCUT2D eigenvalue weighted by Crippen LogP contribution is -2.38. The van der Waals surface area contributed by atoms with Gasteiger partial charge in [-0.2, -0.15) is 0 Å². The third-order valence-electron chi connectivity index (χ3n) is 3.31. The number of nitrogens with one attached hydrogen (secondary N) is 1. The predicted molar refractivity (Wildman–Crippen MR) is 89.9 cm³/mol. The molecule has 0 aliphatic heterocycles. The van der Waals surface area contributed by atoms with Gasteiger partial charge in [-0.3, -0.25) is 14.6 Å². The molecule has 0 unspecified atom stereocenters. The van der Waals surface area contributed by atoms with Gasteiger partial charge in [0, 0.05) is 38.4 Å². The molecule has 1 heterocycles. The molecule has 0 aromatic carbocycles. The molecule has 23 heavy (non-hydrogen) atoms. The lowest BCUT2D eigenvalue weighted by molar-refractivity contribution is -0.121. The molecule has 0 fully saturated rings. The first kappa shape index (κ1) is 19.1. The van der Waals surface area contributed by atoms with Crippen molar-refractivity contribution < 1.29 is 9.59 Å². The van der Waals surface area contributed by atoms with Gasteiger partial charge in [0.15, 0.2) is 0 Å². The van der Waals surface area contributed by atoms with Crippen molar-refractivity contribution in [3.63, 3.8) is 0 Å². The summed E-state index contributed by atoms with van der Waals surface area (Å²) in [6, 6.07) is 0. The van der Waals surface area contributed by atoms with Crippen molar-refractivity contribution in [1.82, 2.24) is 20.2 Å². The van der Waals surface area contributed by atoms with E-state index in [9.17, 15) is 9.59 Å². The Kier molecular flexibility index (Phi) is 8.22. The van der Waals surface area contributed by atoms with Gasteiger partial charge in [0.25, 0.3) is 5.91 Å². The zero-order valence-electron chi connectivity index (χ0n) is 14.6. The van der Waals surface area contributed by atoms with Crippen LogP contribution in [0.2, 0.25) is 0 Å². The van der Waals surface area contributed by atoms with Crippen LogP contribution in [0.4, 0.5) is 0 Å². The van der Waals surface area contributed by atoms with E-state index in [1.807, 2.05) is 13.8 Å². The first-order valence-corrected chi connectivity index (χ1v) is 8.22. The van der Waals surface area contributed by atoms with E-state index >= 15 is 0 Å². The molecule has 128 valence electrons. The Morgan fingerprint density at radius 2 is 1.91 bits per heavy atom. The highest BCUT2D eigenvalue weighted by molar-refractivity contribution is 5.92. The number of carbonyl (C=O) groups excluding carboxylic acids is 2. The molecule has 0 radical (unpaired) electrons. The van der Waals surface area contributed by atoms with E-state index < -0.39 is 0 Å². The number of hydrogen-bond acceptors (Lipinski definition) is 4. The highest BCUT2D eigenvalue weighted by atomic mass is 16.2. The molecule has 0 aliphatic rings. The lowest BCUT2D eigenvalue weighted by atomic mass is 10.1. The van der Waals surface area contributed by atoms with Crippen LogP contribution in [-0.2, 0) is 4.79 Å². The summed E-state index contributed by atoms with van der Waals surface area (Å²) in [5.74, 6) is 0.679. The highest BCUT2D eigenvalue weighted by Gasteiger charge is 2.19. The molecular formula is C17H28N4O2. The fourth-order valence-corrected chi connectivity index (χ4v) is 2.11. The molecule has 0 saturated carbocycles.